The van der Waals surface area contributed by atoms with Crippen molar-refractivity contribution >= 4 is 23.2 Å². The fourth-order valence-corrected chi connectivity index (χ4v) is 2.70. The van der Waals surface area contributed by atoms with Crippen molar-refractivity contribution in [3.8, 4) is 5.75 Å². The van der Waals surface area contributed by atoms with E-state index in [-0.39, 0.29) is 24.3 Å². The third-order valence-electron chi connectivity index (χ3n) is 2.87. The largest absolute Gasteiger partial charge is 0.486 e. The van der Waals surface area contributed by atoms with Crippen molar-refractivity contribution in [2.24, 2.45) is 0 Å². The number of H-pyrrole nitrogens is 1. The predicted octanol–water partition coefficient (Wildman–Crippen LogP) is 2.54. The van der Waals surface area contributed by atoms with E-state index in [1.54, 1.807) is 6.92 Å². The van der Waals surface area contributed by atoms with E-state index in [2.05, 4.69) is 25.5 Å². The number of thiazole rings is 1. The van der Waals surface area contributed by atoms with Gasteiger partial charge in [-0.1, -0.05) is 0 Å². The molecule has 0 aliphatic carbocycles. The molecule has 2 heterocycles. The minimum atomic E-state index is -0.325. The van der Waals surface area contributed by atoms with E-state index < -0.39 is 0 Å². The van der Waals surface area contributed by atoms with Crippen LogP contribution >= 0.6 is 11.3 Å². The number of amides is 1. The van der Waals surface area contributed by atoms with Crippen LogP contribution in [-0.4, -0.2) is 26.1 Å². The zero-order chi connectivity index (χ0) is 16.2. The van der Waals surface area contributed by atoms with Crippen LogP contribution in [0.15, 0.2) is 30.6 Å². The summed E-state index contributed by atoms with van der Waals surface area (Å²) >= 11 is 1.23. The van der Waals surface area contributed by atoms with Crippen molar-refractivity contribution in [1.82, 2.24) is 20.2 Å². The number of halogens is 1. The maximum Gasteiger partial charge on any atom is 0.270 e. The SMILES string of the molecule is Cc1nc(COc2ccc(F)cc2)sc1C(=O)Nc1ncn[nH]1. The summed E-state index contributed by atoms with van der Waals surface area (Å²) in [4.78, 5) is 20.8. The number of anilines is 1. The smallest absolute Gasteiger partial charge is 0.270 e. The molecule has 0 aliphatic heterocycles. The molecule has 0 aliphatic rings. The third kappa shape index (κ3) is 3.69. The van der Waals surface area contributed by atoms with E-state index in [1.165, 1.54) is 41.9 Å². The second kappa shape index (κ2) is 6.53. The molecule has 0 radical (unpaired) electrons. The van der Waals surface area contributed by atoms with E-state index in [1.807, 2.05) is 0 Å². The first-order valence-electron chi connectivity index (χ1n) is 6.63. The Bertz CT molecular complexity index is 801. The van der Waals surface area contributed by atoms with Gasteiger partial charge in [0.1, 0.15) is 34.4 Å². The van der Waals surface area contributed by atoms with Crippen molar-refractivity contribution in [3.63, 3.8) is 0 Å². The normalized spacial score (nSPS) is 10.5. The molecular formula is C14H12FN5O2S. The van der Waals surface area contributed by atoms with Gasteiger partial charge in [-0.15, -0.1) is 11.3 Å². The van der Waals surface area contributed by atoms with Gasteiger partial charge in [0.05, 0.1) is 5.69 Å². The van der Waals surface area contributed by atoms with Crippen LogP contribution in [0.25, 0.3) is 0 Å². The highest BCUT2D eigenvalue weighted by molar-refractivity contribution is 7.13. The number of hydrogen-bond acceptors (Lipinski definition) is 6. The van der Waals surface area contributed by atoms with Crippen molar-refractivity contribution in [1.29, 1.82) is 0 Å². The summed E-state index contributed by atoms with van der Waals surface area (Å²) in [5.74, 6) is 0.164. The minimum Gasteiger partial charge on any atom is -0.486 e. The number of ether oxygens (including phenoxy) is 1. The molecule has 3 aromatic rings. The number of rotatable bonds is 5. The molecule has 0 bridgehead atoms. The van der Waals surface area contributed by atoms with Crippen molar-refractivity contribution in [2.75, 3.05) is 5.32 Å². The van der Waals surface area contributed by atoms with Crippen LogP contribution in [0.4, 0.5) is 10.3 Å². The molecule has 0 unspecified atom stereocenters. The highest BCUT2D eigenvalue weighted by Gasteiger charge is 2.16. The first-order chi connectivity index (χ1) is 11.1. The molecule has 1 amide bonds. The molecule has 9 heteroatoms. The summed E-state index contributed by atoms with van der Waals surface area (Å²) in [6, 6.07) is 5.71. The first-order valence-corrected chi connectivity index (χ1v) is 7.45. The van der Waals surface area contributed by atoms with Gasteiger partial charge in [0.15, 0.2) is 0 Å². The Morgan fingerprint density at radius 1 is 1.39 bits per heavy atom. The van der Waals surface area contributed by atoms with E-state index in [9.17, 15) is 9.18 Å². The summed E-state index contributed by atoms with van der Waals surface area (Å²) in [7, 11) is 0. The molecule has 118 valence electrons. The number of aromatic nitrogens is 4. The molecule has 0 atom stereocenters. The second-order valence-corrected chi connectivity index (χ2v) is 5.64. The molecule has 0 saturated carbocycles. The van der Waals surface area contributed by atoms with E-state index in [4.69, 9.17) is 4.74 Å². The Balaban J connectivity index is 1.65. The number of carbonyl (C=O) groups excluding carboxylic acids is 1. The lowest BCUT2D eigenvalue weighted by Gasteiger charge is -2.03. The van der Waals surface area contributed by atoms with Gasteiger partial charge < -0.3 is 4.74 Å². The number of aryl methyl sites for hydroxylation is 1. The van der Waals surface area contributed by atoms with Gasteiger partial charge in [0, 0.05) is 0 Å². The maximum atomic E-state index is 12.8. The van der Waals surface area contributed by atoms with Crippen molar-refractivity contribution in [2.45, 2.75) is 13.5 Å². The Labute approximate surface area is 134 Å². The van der Waals surface area contributed by atoms with Crippen LogP contribution in [0.3, 0.4) is 0 Å². The fourth-order valence-electron chi connectivity index (χ4n) is 1.83. The molecule has 7 nitrogen and oxygen atoms in total. The second-order valence-electron chi connectivity index (χ2n) is 4.55. The van der Waals surface area contributed by atoms with Gasteiger partial charge in [0.25, 0.3) is 5.91 Å². The van der Waals surface area contributed by atoms with E-state index in [0.29, 0.717) is 21.3 Å². The number of aromatic amines is 1. The van der Waals surface area contributed by atoms with E-state index >= 15 is 0 Å². The zero-order valence-corrected chi connectivity index (χ0v) is 12.9. The standard InChI is InChI=1S/C14H12FN5O2S/c1-8-12(13(21)19-14-16-7-17-20-14)23-11(18-8)6-22-10-4-2-9(15)3-5-10/h2-5,7H,6H2,1H3,(H2,16,17,19,20,21). The van der Waals surface area contributed by atoms with Crippen LogP contribution in [0.2, 0.25) is 0 Å². The number of hydrogen-bond donors (Lipinski definition) is 2. The van der Waals surface area contributed by atoms with Crippen LogP contribution in [0, 0.1) is 12.7 Å². The van der Waals surface area contributed by atoms with Crippen molar-refractivity contribution in [3.05, 3.63) is 52.0 Å². The quantitative estimate of drug-likeness (QED) is 0.748. The number of nitrogens with one attached hydrogen (secondary N) is 2. The van der Waals surface area contributed by atoms with E-state index in [0.717, 1.165) is 0 Å². The Hall–Kier alpha value is -2.81. The van der Waals surface area contributed by atoms with Crippen LogP contribution in [0.1, 0.15) is 20.4 Å². The summed E-state index contributed by atoms with van der Waals surface area (Å²) in [5, 5.41) is 9.45. The summed E-state index contributed by atoms with van der Waals surface area (Å²) in [5.41, 5.74) is 0.602. The van der Waals surface area contributed by atoms with Crippen molar-refractivity contribution < 1.29 is 13.9 Å². The van der Waals surface area contributed by atoms with Gasteiger partial charge >= 0.3 is 0 Å². The molecule has 23 heavy (non-hydrogen) atoms. The Kier molecular flexibility index (Phi) is 4.29. The van der Waals surface area contributed by atoms with Crippen LogP contribution in [-0.2, 0) is 6.61 Å². The molecule has 3 rings (SSSR count). The molecule has 0 spiro atoms. The molecule has 1 aromatic carbocycles. The average Bonchev–Trinajstić information content (AvgIpc) is 3.16. The minimum absolute atomic E-state index is 0.201. The molecule has 2 aromatic heterocycles. The number of benzene rings is 1. The molecular weight excluding hydrogens is 321 g/mol. The fraction of sp³-hybridized carbons (Fsp3) is 0.143. The highest BCUT2D eigenvalue weighted by Crippen LogP contribution is 2.21. The molecule has 0 fully saturated rings. The predicted molar refractivity (Wildman–Crippen MR) is 81.9 cm³/mol. The number of nitrogens with zero attached hydrogens (tertiary/aromatic N) is 3. The summed E-state index contributed by atoms with van der Waals surface area (Å²) in [6.45, 7) is 1.94. The monoisotopic (exact) mass is 333 g/mol. The molecule has 0 saturated heterocycles. The topological polar surface area (TPSA) is 92.8 Å². The Morgan fingerprint density at radius 2 is 2.17 bits per heavy atom. The first kappa shape index (κ1) is 15.1. The maximum absolute atomic E-state index is 12.8. The van der Waals surface area contributed by atoms with Crippen LogP contribution < -0.4 is 10.1 Å². The lowest BCUT2D eigenvalue weighted by Crippen LogP contribution is -2.12. The van der Waals surface area contributed by atoms with Gasteiger partial charge in [-0.25, -0.2) is 14.5 Å². The summed E-state index contributed by atoms with van der Waals surface area (Å²) < 4.78 is 18.4. The van der Waals surface area contributed by atoms with Gasteiger partial charge in [-0.2, -0.15) is 10.1 Å². The zero-order valence-electron chi connectivity index (χ0n) is 12.0. The lowest BCUT2D eigenvalue weighted by atomic mass is 10.3. The third-order valence-corrected chi connectivity index (χ3v) is 4.00. The lowest BCUT2D eigenvalue weighted by molar-refractivity contribution is 0.102. The molecule has 2 N–H and O–H groups in total. The Morgan fingerprint density at radius 3 is 2.87 bits per heavy atom. The number of carbonyl (C=O) groups is 1. The summed E-state index contributed by atoms with van der Waals surface area (Å²) in [6.07, 6.45) is 1.30. The van der Waals surface area contributed by atoms with Crippen LogP contribution in [0.5, 0.6) is 5.75 Å². The van der Waals surface area contributed by atoms with Gasteiger partial charge in [-0.05, 0) is 31.2 Å². The van der Waals surface area contributed by atoms with Gasteiger partial charge in [-0.3, -0.25) is 10.1 Å². The van der Waals surface area contributed by atoms with Gasteiger partial charge in [0.2, 0.25) is 5.95 Å². The highest BCUT2D eigenvalue weighted by atomic mass is 32.1. The average molecular weight is 333 g/mol.